The molecule has 5 rings (SSSR count). The molecule has 0 spiro atoms. The van der Waals surface area contributed by atoms with Crippen molar-refractivity contribution in [3.8, 4) is 0 Å². The van der Waals surface area contributed by atoms with Crippen molar-refractivity contribution in [1.82, 2.24) is 15.3 Å². The van der Waals surface area contributed by atoms with Crippen LogP contribution >= 0.6 is 23.2 Å². The number of amides is 3. The van der Waals surface area contributed by atoms with Gasteiger partial charge in [0.25, 0.3) is 11.8 Å². The van der Waals surface area contributed by atoms with Gasteiger partial charge >= 0.3 is 0 Å². The lowest BCUT2D eigenvalue weighted by Gasteiger charge is -2.39. The molecule has 2 atom stereocenters. The number of halogens is 4. The van der Waals surface area contributed by atoms with Crippen molar-refractivity contribution < 1.29 is 23.2 Å². The van der Waals surface area contributed by atoms with Crippen LogP contribution in [0, 0.1) is 6.92 Å². The number of rotatable bonds is 7. The van der Waals surface area contributed by atoms with E-state index in [0.29, 0.717) is 5.69 Å². The Balaban J connectivity index is 1.63. The minimum atomic E-state index is -2.87. The maximum atomic E-state index is 14.5. The normalized spacial score (nSPS) is 19.2. The fourth-order valence-electron chi connectivity index (χ4n) is 5.12. The highest BCUT2D eigenvalue weighted by atomic mass is 35.5. The summed E-state index contributed by atoms with van der Waals surface area (Å²) in [7, 11) is 0. The zero-order chi connectivity index (χ0) is 28.6. The van der Waals surface area contributed by atoms with Crippen LogP contribution in [0.5, 0.6) is 0 Å². The molecule has 40 heavy (non-hydrogen) atoms. The molecule has 1 aliphatic heterocycles. The van der Waals surface area contributed by atoms with E-state index in [2.05, 4.69) is 15.3 Å². The van der Waals surface area contributed by atoms with Gasteiger partial charge in [0.05, 0.1) is 0 Å². The van der Waals surface area contributed by atoms with Gasteiger partial charge in [-0.2, -0.15) is 0 Å². The molecule has 1 unspecified atom stereocenters. The average Bonchev–Trinajstić information content (AvgIpc) is 3.28. The summed E-state index contributed by atoms with van der Waals surface area (Å²) in [5.74, 6) is -4.48. The molecule has 0 radical (unpaired) electrons. The summed E-state index contributed by atoms with van der Waals surface area (Å²) in [5.41, 5.74) is 1.27. The largest absolute Gasteiger partial charge is 0.351 e. The van der Waals surface area contributed by atoms with E-state index in [4.69, 9.17) is 23.2 Å². The lowest BCUT2D eigenvalue weighted by atomic mass is 9.87. The van der Waals surface area contributed by atoms with Gasteiger partial charge < -0.3 is 5.32 Å². The third-order valence-corrected chi connectivity index (χ3v) is 7.66. The predicted molar refractivity (Wildman–Crippen MR) is 147 cm³/mol. The highest BCUT2D eigenvalue weighted by molar-refractivity contribution is 6.36. The Morgan fingerprint density at radius 1 is 1.07 bits per heavy atom. The molecule has 2 aliphatic rings. The molecule has 12 heteroatoms. The van der Waals surface area contributed by atoms with E-state index >= 15 is 0 Å². The van der Waals surface area contributed by atoms with Crippen LogP contribution in [0.2, 0.25) is 10.0 Å². The van der Waals surface area contributed by atoms with Crippen LogP contribution in [0.3, 0.4) is 0 Å². The maximum absolute atomic E-state index is 14.5. The Morgan fingerprint density at radius 3 is 2.35 bits per heavy atom. The van der Waals surface area contributed by atoms with Gasteiger partial charge in [-0.05, 0) is 49.2 Å². The zero-order valence-corrected chi connectivity index (χ0v) is 22.9. The minimum absolute atomic E-state index is 0.0565. The van der Waals surface area contributed by atoms with Gasteiger partial charge in [0, 0.05) is 59.0 Å². The van der Waals surface area contributed by atoms with Gasteiger partial charge in [-0.3, -0.25) is 24.2 Å². The van der Waals surface area contributed by atoms with Gasteiger partial charge in [-0.15, -0.1) is 0 Å². The van der Waals surface area contributed by atoms with E-state index in [1.807, 2.05) is 13.0 Å². The molecule has 1 aromatic heterocycles. The fourth-order valence-corrected chi connectivity index (χ4v) is 5.72. The first-order chi connectivity index (χ1) is 19.1. The van der Waals surface area contributed by atoms with E-state index < -0.39 is 48.7 Å². The van der Waals surface area contributed by atoms with Crippen LogP contribution in [0.25, 0.3) is 0 Å². The van der Waals surface area contributed by atoms with Crippen molar-refractivity contribution in [2.75, 3.05) is 9.80 Å². The van der Waals surface area contributed by atoms with E-state index in [9.17, 15) is 23.2 Å². The van der Waals surface area contributed by atoms with Crippen molar-refractivity contribution >= 4 is 52.6 Å². The molecule has 0 bridgehead atoms. The summed E-state index contributed by atoms with van der Waals surface area (Å²) in [6.07, 6.45) is 2.10. The molecule has 3 amide bonds. The van der Waals surface area contributed by atoms with Gasteiger partial charge in [0.15, 0.2) is 0 Å². The molecule has 208 valence electrons. The molecular formula is C28H25Cl2F2N5O3. The van der Waals surface area contributed by atoms with Crippen LogP contribution in [0.15, 0.2) is 60.9 Å². The average molecular weight is 588 g/mol. The minimum Gasteiger partial charge on any atom is -0.351 e. The molecule has 2 heterocycles. The molecule has 2 fully saturated rings. The number of nitrogens with one attached hydrogen (secondary N) is 1. The number of hydrogen-bond donors (Lipinski definition) is 1. The molecule has 8 nitrogen and oxygen atoms in total. The quantitative estimate of drug-likeness (QED) is 0.406. The standard InChI is InChI=1S/C28H25Cl2F2N5O3/c1-16-5-2-6-18(13-16)36(26(40)21-9-10-22(38)37(21)27-33-11-4-12-34-27)24(23-19(29)7-3-8-20(23)30)25(39)35-17-14-28(31,32)15-17/h2-8,11-13,17,21,24H,9-10,14-15H2,1H3,(H,35,39)/t21-,24?/m0/s1. The van der Waals surface area contributed by atoms with Crippen molar-refractivity contribution in [2.45, 2.75) is 56.7 Å². The Hall–Kier alpha value is -3.63. The number of benzene rings is 2. The van der Waals surface area contributed by atoms with Crippen LogP contribution < -0.4 is 15.1 Å². The van der Waals surface area contributed by atoms with Crippen molar-refractivity contribution in [3.63, 3.8) is 0 Å². The van der Waals surface area contributed by atoms with Crippen LogP contribution in [0.1, 0.15) is 42.9 Å². The molecule has 1 saturated heterocycles. The van der Waals surface area contributed by atoms with Crippen LogP contribution in [-0.2, 0) is 14.4 Å². The Kier molecular flexibility index (Phi) is 7.74. The van der Waals surface area contributed by atoms with E-state index in [-0.39, 0.29) is 40.3 Å². The molecule has 1 N–H and O–H groups in total. The molecular weight excluding hydrogens is 563 g/mol. The number of aromatic nitrogens is 2. The summed E-state index contributed by atoms with van der Waals surface area (Å²) in [6, 6.07) is 9.88. The Bertz CT molecular complexity index is 1430. The third-order valence-electron chi connectivity index (χ3n) is 7.00. The predicted octanol–water partition coefficient (Wildman–Crippen LogP) is 5.28. The molecule has 2 aromatic carbocycles. The van der Waals surface area contributed by atoms with Gasteiger partial charge in [-0.1, -0.05) is 41.4 Å². The first-order valence-electron chi connectivity index (χ1n) is 12.7. The van der Waals surface area contributed by atoms with Gasteiger partial charge in [-0.25, -0.2) is 18.7 Å². The van der Waals surface area contributed by atoms with E-state index in [1.54, 1.807) is 30.3 Å². The maximum Gasteiger partial charge on any atom is 0.252 e. The molecule has 3 aromatic rings. The topological polar surface area (TPSA) is 95.5 Å². The van der Waals surface area contributed by atoms with Crippen LogP contribution in [0.4, 0.5) is 20.4 Å². The van der Waals surface area contributed by atoms with Gasteiger partial charge in [0.2, 0.25) is 17.8 Å². The first-order valence-corrected chi connectivity index (χ1v) is 13.4. The number of carbonyl (C=O) groups is 3. The SMILES string of the molecule is Cc1cccc(N(C(=O)[C@@H]2CCC(=O)N2c2ncccn2)C(C(=O)NC2CC(F)(F)C2)c2c(Cl)cccc2Cl)c1. The monoisotopic (exact) mass is 587 g/mol. The highest BCUT2D eigenvalue weighted by Crippen LogP contribution is 2.41. The van der Waals surface area contributed by atoms with E-state index in [0.717, 1.165) is 5.56 Å². The highest BCUT2D eigenvalue weighted by Gasteiger charge is 2.49. The summed E-state index contributed by atoms with van der Waals surface area (Å²) >= 11 is 13.1. The van der Waals surface area contributed by atoms with Crippen molar-refractivity contribution in [1.29, 1.82) is 0 Å². The van der Waals surface area contributed by atoms with Crippen LogP contribution in [-0.4, -0.2) is 45.7 Å². The fraction of sp³-hybridized carbons (Fsp3) is 0.321. The molecule has 1 aliphatic carbocycles. The lowest BCUT2D eigenvalue weighted by Crippen LogP contribution is -2.56. The second-order valence-electron chi connectivity index (χ2n) is 9.92. The number of nitrogens with zero attached hydrogens (tertiary/aromatic N) is 4. The summed E-state index contributed by atoms with van der Waals surface area (Å²) < 4.78 is 27.3. The number of carbonyl (C=O) groups excluding carboxylic acids is 3. The summed E-state index contributed by atoms with van der Waals surface area (Å²) in [6.45, 7) is 1.82. The van der Waals surface area contributed by atoms with Crippen molar-refractivity contribution in [2.24, 2.45) is 0 Å². The second kappa shape index (κ2) is 11.1. The Morgan fingerprint density at radius 2 is 1.73 bits per heavy atom. The first kappa shape index (κ1) is 27.9. The zero-order valence-electron chi connectivity index (χ0n) is 21.4. The summed E-state index contributed by atoms with van der Waals surface area (Å²) in [4.78, 5) is 52.1. The smallest absolute Gasteiger partial charge is 0.252 e. The third kappa shape index (κ3) is 5.51. The number of alkyl halides is 2. The molecule has 1 saturated carbocycles. The number of hydrogen-bond acceptors (Lipinski definition) is 5. The van der Waals surface area contributed by atoms with Gasteiger partial charge in [0.1, 0.15) is 12.1 Å². The number of anilines is 2. The number of aryl methyl sites for hydroxylation is 1. The van der Waals surface area contributed by atoms with Crippen molar-refractivity contribution in [3.05, 3.63) is 82.1 Å². The summed E-state index contributed by atoms with van der Waals surface area (Å²) in [5, 5.41) is 2.88. The second-order valence-corrected chi connectivity index (χ2v) is 10.7. The lowest BCUT2D eigenvalue weighted by molar-refractivity contribution is -0.133. The Labute approximate surface area is 239 Å². The van der Waals surface area contributed by atoms with E-state index in [1.165, 1.54) is 34.3 Å².